The molecule has 3 aliphatic carbocycles. The van der Waals surface area contributed by atoms with Crippen LogP contribution >= 0.6 is 11.8 Å². The monoisotopic (exact) mass is 909 g/mol. The Morgan fingerprint density at radius 2 is 1.72 bits per heavy atom. The van der Waals surface area contributed by atoms with Gasteiger partial charge in [-0.1, -0.05) is 62.8 Å². The van der Waals surface area contributed by atoms with Crippen molar-refractivity contribution in [2.24, 2.45) is 28.8 Å². The summed E-state index contributed by atoms with van der Waals surface area (Å²) in [5, 5.41) is 36.3. The molecule has 6 atom stereocenters. The molecular weight excluding hydrogens is 843 g/mol. The molecule has 0 radical (unpaired) electrons. The van der Waals surface area contributed by atoms with Gasteiger partial charge in [0.25, 0.3) is 5.69 Å². The summed E-state index contributed by atoms with van der Waals surface area (Å²) in [5.74, 6) is 0.852. The quantitative estimate of drug-likeness (QED) is 0.0292. The molecule has 0 saturated heterocycles. The number of ether oxygens (including phenoxy) is 3. The fourth-order valence-electron chi connectivity index (χ4n) is 10.9. The van der Waals surface area contributed by atoms with Gasteiger partial charge in [0, 0.05) is 61.1 Å². The zero-order valence-electron chi connectivity index (χ0n) is 38.1. The Labute approximate surface area is 388 Å². The minimum absolute atomic E-state index is 0.00140. The molecule has 0 bridgehead atoms. The van der Waals surface area contributed by atoms with Crippen molar-refractivity contribution in [2.45, 2.75) is 126 Å². The highest BCUT2D eigenvalue weighted by Gasteiger charge is 2.65. The molecule has 12 nitrogen and oxygen atoms in total. The number of hydrogen-bond donors (Lipinski definition) is 2. The van der Waals surface area contributed by atoms with Gasteiger partial charge in [-0.25, -0.2) is 0 Å². The second-order valence-electron chi connectivity index (χ2n) is 18.0. The van der Waals surface area contributed by atoms with Crippen molar-refractivity contribution in [3.05, 3.63) is 112 Å². The van der Waals surface area contributed by atoms with Crippen LogP contribution in [0.3, 0.4) is 0 Å². The molecule has 7 rings (SSSR count). The molecule has 3 aromatic rings. The number of oxime groups is 1. The number of amides is 1. The summed E-state index contributed by atoms with van der Waals surface area (Å²) in [6.07, 6.45) is 17.8. The van der Waals surface area contributed by atoms with Crippen LogP contribution in [0.15, 0.2) is 101 Å². The maximum Gasteiger partial charge on any atom is 0.269 e. The number of nitrogens with zero attached hydrogens (tertiary/aromatic N) is 3. The van der Waals surface area contributed by atoms with Gasteiger partial charge in [0.1, 0.15) is 29.9 Å². The van der Waals surface area contributed by atoms with Crippen molar-refractivity contribution in [1.82, 2.24) is 4.90 Å². The summed E-state index contributed by atoms with van der Waals surface area (Å²) >= 11 is 1.67. The van der Waals surface area contributed by atoms with E-state index in [4.69, 9.17) is 24.2 Å². The number of benzene rings is 3. The van der Waals surface area contributed by atoms with Gasteiger partial charge in [-0.05, 0) is 128 Å². The lowest BCUT2D eigenvalue weighted by molar-refractivity contribution is -0.384. The maximum absolute atomic E-state index is 14.8. The molecule has 13 heteroatoms. The highest BCUT2D eigenvalue weighted by molar-refractivity contribution is 7.98. The number of nitro groups is 1. The first-order chi connectivity index (χ1) is 31.7. The molecular formula is C52H67N3O9S. The van der Waals surface area contributed by atoms with Crippen molar-refractivity contribution in [3.8, 4) is 17.2 Å². The van der Waals surface area contributed by atoms with Crippen LogP contribution in [-0.4, -0.2) is 76.1 Å². The Balaban J connectivity index is 1.39. The van der Waals surface area contributed by atoms with Crippen LogP contribution in [-0.2, 0) is 21.0 Å². The molecule has 65 heavy (non-hydrogen) atoms. The number of carbonyl (C=O) groups excluding carboxylic acids is 1. The van der Waals surface area contributed by atoms with Gasteiger partial charge in [-0.3, -0.25) is 14.9 Å². The molecule has 6 unspecified atom stereocenters. The van der Waals surface area contributed by atoms with Crippen molar-refractivity contribution >= 4 is 29.1 Å². The van der Waals surface area contributed by atoms with Gasteiger partial charge in [-0.2, -0.15) is 0 Å². The van der Waals surface area contributed by atoms with E-state index in [0.29, 0.717) is 55.4 Å². The fourth-order valence-corrected chi connectivity index (χ4v) is 11.3. The maximum atomic E-state index is 14.8. The normalized spacial score (nSPS) is 24.1. The molecule has 2 fully saturated rings. The molecule has 1 aliphatic heterocycles. The number of rotatable bonds is 24. The first kappa shape index (κ1) is 48.2. The first-order valence-electron chi connectivity index (χ1n) is 23.8. The van der Waals surface area contributed by atoms with Crippen molar-refractivity contribution in [1.29, 1.82) is 0 Å². The highest BCUT2D eigenvalue weighted by Crippen LogP contribution is 2.62. The smallest absolute Gasteiger partial charge is 0.269 e. The second-order valence-corrected chi connectivity index (χ2v) is 18.9. The van der Waals surface area contributed by atoms with Crippen LogP contribution in [0.5, 0.6) is 17.2 Å². The number of unbranched alkanes of at least 4 members (excludes halogenated alkanes) is 2. The number of aliphatic hydroxyl groups excluding tert-OH is 2. The van der Waals surface area contributed by atoms with Crippen molar-refractivity contribution < 1.29 is 39.0 Å². The molecule has 3 aromatic carbocycles. The predicted molar refractivity (Wildman–Crippen MR) is 254 cm³/mol. The predicted octanol–water partition coefficient (Wildman–Crippen LogP) is 11.2. The molecule has 2 saturated carbocycles. The molecule has 350 valence electrons. The Kier molecular flexibility index (Phi) is 17.2. The third-order valence-corrected chi connectivity index (χ3v) is 14.6. The van der Waals surface area contributed by atoms with Gasteiger partial charge >= 0.3 is 0 Å². The van der Waals surface area contributed by atoms with Crippen LogP contribution in [0, 0.1) is 33.8 Å². The largest absolute Gasteiger partial charge is 0.459 e. The molecule has 2 N–H and O–H groups in total. The molecule has 0 aromatic heterocycles. The van der Waals surface area contributed by atoms with Gasteiger partial charge in [0.15, 0.2) is 0 Å². The number of hydrogen-bond acceptors (Lipinski definition) is 11. The number of thioether (sulfide) groups is 1. The minimum atomic E-state index is -1.34. The van der Waals surface area contributed by atoms with E-state index in [-0.39, 0.29) is 55.8 Å². The topological polar surface area (TPSA) is 153 Å². The van der Waals surface area contributed by atoms with Crippen LogP contribution in [0.1, 0.15) is 114 Å². The van der Waals surface area contributed by atoms with E-state index in [1.807, 2.05) is 47.6 Å². The lowest BCUT2D eigenvalue weighted by Crippen LogP contribution is -2.70. The Morgan fingerprint density at radius 3 is 2.40 bits per heavy atom. The van der Waals surface area contributed by atoms with Crippen molar-refractivity contribution in [3.63, 3.8) is 0 Å². The Hall–Kier alpha value is -4.69. The lowest BCUT2D eigenvalue weighted by Gasteiger charge is -2.60. The van der Waals surface area contributed by atoms with Crippen LogP contribution in [0.25, 0.3) is 0 Å². The van der Waals surface area contributed by atoms with E-state index in [1.54, 1.807) is 30.0 Å². The third kappa shape index (κ3) is 11.3. The number of aliphatic hydroxyl groups is 2. The fraction of sp³-hybridized carbons (Fsp3) is 0.538. The Morgan fingerprint density at radius 1 is 1.00 bits per heavy atom. The minimum Gasteiger partial charge on any atom is -0.459 e. The summed E-state index contributed by atoms with van der Waals surface area (Å²) in [4.78, 5) is 35.2. The standard InChI is InChI=1S/C52H67N3O9S/c1-4-28-54(49(58)27-18-36-12-6-7-13-36)48-34-46(53-62-35-37-16-19-39(20-17-37)55(59)60)44-32-38(14-8-10-29-56)43(15-9-11-30-57)50-45-33-41(63-40-21-24-42(65-3)25-22-40)23-26-47(45)64-52(48,51(44)50)61-31-5-2/h5,16-17,19-26,32-33,36,38,43,48,50-51,56-57H,2,4,6-15,18,27-31,34-35H2,1,3H3. The number of carbonyl (C=O) groups is 1. The van der Waals surface area contributed by atoms with Gasteiger partial charge in [-0.15, -0.1) is 18.3 Å². The lowest BCUT2D eigenvalue weighted by atomic mass is 9.55. The molecule has 0 spiro atoms. The van der Waals surface area contributed by atoms with Crippen molar-refractivity contribution in [2.75, 3.05) is 32.6 Å². The van der Waals surface area contributed by atoms with Gasteiger partial charge < -0.3 is 34.2 Å². The SMILES string of the molecule is C=CCOC12Oc3ccc(Oc4ccc(SC)cc4)cc3C3C(CCCCO)C(CCCCO)C=C(C(=NOCc4ccc([N+](=O)[O-])cc4)CC1N(CCC)C(=O)CCC1CCCC1)C32. The number of allylic oxidation sites excluding steroid dienone is 1. The van der Waals surface area contributed by atoms with E-state index in [2.05, 4.69) is 25.6 Å². The molecule has 1 amide bonds. The van der Waals surface area contributed by atoms with E-state index in [0.717, 1.165) is 78.7 Å². The number of fused-ring (bicyclic) bond motifs is 2. The summed E-state index contributed by atoms with van der Waals surface area (Å²) in [6.45, 7) is 7.14. The van der Waals surface area contributed by atoms with E-state index >= 15 is 0 Å². The summed E-state index contributed by atoms with van der Waals surface area (Å²) in [7, 11) is 0. The number of nitro benzene ring substituents is 1. The van der Waals surface area contributed by atoms with Gasteiger partial charge in [0.2, 0.25) is 11.7 Å². The highest BCUT2D eigenvalue weighted by atomic mass is 32.2. The average Bonchev–Trinajstić information content (AvgIpc) is 3.85. The third-order valence-electron chi connectivity index (χ3n) is 13.9. The number of non-ortho nitro benzene ring substituents is 1. The molecule has 4 aliphatic rings. The Bertz CT molecular complexity index is 2120. The van der Waals surface area contributed by atoms with Crippen LogP contribution in [0.2, 0.25) is 0 Å². The molecule has 1 heterocycles. The van der Waals surface area contributed by atoms with Crippen LogP contribution < -0.4 is 9.47 Å². The van der Waals surface area contributed by atoms with E-state index < -0.39 is 22.7 Å². The van der Waals surface area contributed by atoms with E-state index in [9.17, 15) is 25.1 Å². The van der Waals surface area contributed by atoms with Gasteiger partial charge in [0.05, 0.1) is 23.2 Å². The zero-order valence-corrected chi connectivity index (χ0v) is 38.9. The first-order valence-corrected chi connectivity index (χ1v) is 25.0. The summed E-state index contributed by atoms with van der Waals surface area (Å²) < 4.78 is 21.2. The zero-order chi connectivity index (χ0) is 45.8. The van der Waals surface area contributed by atoms with E-state index in [1.165, 1.54) is 25.0 Å². The summed E-state index contributed by atoms with van der Waals surface area (Å²) in [6, 6.07) is 19.8. The summed E-state index contributed by atoms with van der Waals surface area (Å²) in [5.41, 5.74) is 3.38. The average molecular weight is 910 g/mol. The van der Waals surface area contributed by atoms with Crippen LogP contribution in [0.4, 0.5) is 5.69 Å². The second kappa shape index (κ2) is 23.2.